The molecule has 0 radical (unpaired) electrons. The van der Waals surface area contributed by atoms with Crippen LogP contribution in [0.25, 0.3) is 10.9 Å². The average molecular weight is 762 g/mol. The molecule has 13 nitrogen and oxygen atoms in total. The number of ether oxygens (including phenoxy) is 2. The van der Waals surface area contributed by atoms with Crippen molar-refractivity contribution in [1.29, 1.82) is 0 Å². The van der Waals surface area contributed by atoms with Crippen LogP contribution >= 0.6 is 0 Å². The van der Waals surface area contributed by atoms with Gasteiger partial charge in [0.2, 0.25) is 5.56 Å². The number of nitrogens with one attached hydrogen (secondary N) is 3. The zero-order valence-corrected chi connectivity index (χ0v) is 31.2. The van der Waals surface area contributed by atoms with Gasteiger partial charge in [-0.2, -0.15) is 0 Å². The monoisotopic (exact) mass is 761 g/mol. The fourth-order valence-corrected chi connectivity index (χ4v) is 8.03. The second-order valence-corrected chi connectivity index (χ2v) is 14.3. The van der Waals surface area contributed by atoms with Gasteiger partial charge in [-0.25, -0.2) is 4.79 Å². The number of rotatable bonds is 15. The number of carbonyl (C=O) groups is 2. The number of hydrogen-bond donors (Lipinski definition) is 6. The van der Waals surface area contributed by atoms with Gasteiger partial charge in [-0.05, 0) is 85.8 Å². The predicted octanol–water partition coefficient (Wildman–Crippen LogP) is 5.64. The molecule has 5 aromatic rings. The smallest absolute Gasteiger partial charge is 0.408 e. The third-order valence-electron chi connectivity index (χ3n) is 10.7. The fraction of sp³-hybridized carbons (Fsp3) is 0.326. The van der Waals surface area contributed by atoms with Crippen molar-refractivity contribution < 1.29 is 34.4 Å². The van der Waals surface area contributed by atoms with Crippen molar-refractivity contribution in [3.05, 3.63) is 130 Å². The highest BCUT2D eigenvalue weighted by atomic mass is 16.5. The summed E-state index contributed by atoms with van der Waals surface area (Å²) >= 11 is 0. The first-order valence-corrected chi connectivity index (χ1v) is 19.0. The molecule has 56 heavy (non-hydrogen) atoms. The third-order valence-corrected chi connectivity index (χ3v) is 10.7. The van der Waals surface area contributed by atoms with E-state index < -0.39 is 18.2 Å². The molecule has 3 fully saturated rings. The number of aliphatic hydroxyl groups is 1. The molecule has 0 saturated carbocycles. The number of aliphatic hydroxyl groups excluding tert-OH is 1. The van der Waals surface area contributed by atoms with Gasteiger partial charge in [-0.3, -0.25) is 14.5 Å². The van der Waals surface area contributed by atoms with Crippen molar-refractivity contribution in [2.45, 2.75) is 44.5 Å². The molecule has 3 saturated heterocycles. The number of nitrogens with zero attached hydrogens (tertiary/aromatic N) is 2. The number of aromatic amines is 1. The second-order valence-electron chi connectivity index (χ2n) is 14.3. The zero-order valence-electron chi connectivity index (χ0n) is 31.2. The second kappa shape index (κ2) is 17.3. The summed E-state index contributed by atoms with van der Waals surface area (Å²) < 4.78 is 11.9. The molecule has 0 aliphatic carbocycles. The minimum Gasteiger partial charge on any atom is -0.506 e. The number of phenolic OH excluding ortho intramolecular Hbond substituents is 1. The molecule has 2 amide bonds. The van der Waals surface area contributed by atoms with Crippen LogP contribution in [0.1, 0.15) is 54.2 Å². The molecule has 8 rings (SSSR count). The lowest BCUT2D eigenvalue weighted by molar-refractivity contribution is -0.118. The van der Waals surface area contributed by atoms with E-state index >= 15 is 0 Å². The Morgan fingerprint density at radius 3 is 2.46 bits per heavy atom. The van der Waals surface area contributed by atoms with Crippen molar-refractivity contribution in [3.8, 4) is 17.2 Å². The van der Waals surface area contributed by atoms with E-state index in [9.17, 15) is 29.7 Å². The Morgan fingerprint density at radius 2 is 1.73 bits per heavy atom. The highest BCUT2D eigenvalue weighted by Gasteiger charge is 2.43. The van der Waals surface area contributed by atoms with Crippen LogP contribution in [0.2, 0.25) is 0 Å². The van der Waals surface area contributed by atoms with Crippen molar-refractivity contribution >= 4 is 28.6 Å². The van der Waals surface area contributed by atoms with Gasteiger partial charge in [-0.15, -0.1) is 0 Å². The van der Waals surface area contributed by atoms with Gasteiger partial charge in [0.05, 0.1) is 30.3 Å². The van der Waals surface area contributed by atoms with Gasteiger partial charge in [0, 0.05) is 48.4 Å². The van der Waals surface area contributed by atoms with E-state index in [0.29, 0.717) is 53.8 Å². The molecule has 292 valence electrons. The maximum Gasteiger partial charge on any atom is 0.408 e. The van der Waals surface area contributed by atoms with E-state index in [-0.39, 0.29) is 41.9 Å². The number of benzene rings is 4. The van der Waals surface area contributed by atoms with Crippen molar-refractivity contribution in [2.24, 2.45) is 5.92 Å². The molecule has 3 aliphatic heterocycles. The van der Waals surface area contributed by atoms with E-state index in [4.69, 9.17) is 9.47 Å². The SMILES string of the molecule is CCOc1cc(NC(=O)COc2cccc([C@H](c3ccccc3)N(C(=O)O)C3CN4CCC3CC4)c2)ccc1CNCC(O)c1ccc(O)c2[nH]c(=O)ccc12. The highest BCUT2D eigenvalue weighted by molar-refractivity contribution is 5.92. The molecular weight excluding hydrogens is 714 g/mol. The molecular formula is C43H47N5O8. The number of phenols is 1. The number of aromatic nitrogens is 1. The topological polar surface area (TPSA) is 177 Å². The number of H-pyrrole nitrogens is 1. The highest BCUT2D eigenvalue weighted by Crippen LogP contribution is 2.39. The summed E-state index contributed by atoms with van der Waals surface area (Å²) in [5, 5.41) is 38.5. The molecule has 3 atom stereocenters. The first-order chi connectivity index (χ1) is 27.2. The number of hydrogen-bond acceptors (Lipinski definition) is 9. The Kier molecular flexibility index (Phi) is 11.8. The first-order valence-electron chi connectivity index (χ1n) is 19.0. The Labute approximate surface area is 324 Å². The summed E-state index contributed by atoms with van der Waals surface area (Å²) in [5.41, 5.74) is 3.43. The van der Waals surface area contributed by atoms with Gasteiger partial charge < -0.3 is 45.3 Å². The summed E-state index contributed by atoms with van der Waals surface area (Å²) in [6, 6.07) is 27.6. The maximum absolute atomic E-state index is 13.1. The lowest BCUT2D eigenvalue weighted by Gasteiger charge is -2.50. The summed E-state index contributed by atoms with van der Waals surface area (Å²) in [4.78, 5) is 44.5. The molecule has 4 aromatic carbocycles. The quantitative estimate of drug-likeness (QED) is 0.0784. The third kappa shape index (κ3) is 8.65. The molecule has 3 aliphatic rings. The number of fused-ring (bicyclic) bond motifs is 4. The summed E-state index contributed by atoms with van der Waals surface area (Å²) in [7, 11) is 0. The van der Waals surface area contributed by atoms with E-state index in [0.717, 1.165) is 42.6 Å². The normalized spacial score (nSPS) is 18.6. The lowest BCUT2D eigenvalue weighted by Crippen LogP contribution is -2.59. The minimum absolute atomic E-state index is 0.0769. The molecule has 13 heteroatoms. The van der Waals surface area contributed by atoms with Crippen LogP contribution in [0.3, 0.4) is 0 Å². The summed E-state index contributed by atoms with van der Waals surface area (Å²) in [6.45, 7) is 5.25. The number of amides is 2. The minimum atomic E-state index is -0.962. The number of carboxylic acid groups (broad SMARTS) is 1. The van der Waals surface area contributed by atoms with Gasteiger partial charge in [0.1, 0.15) is 17.2 Å². The van der Waals surface area contributed by atoms with Crippen LogP contribution in [0.15, 0.2) is 102 Å². The van der Waals surface area contributed by atoms with Crippen molar-refractivity contribution in [3.63, 3.8) is 0 Å². The molecule has 6 N–H and O–H groups in total. The van der Waals surface area contributed by atoms with Gasteiger partial charge in [-0.1, -0.05) is 54.6 Å². The standard InChI is InChI=1S/C43H47N5O8/c1-2-55-38-22-31(12-11-30(38)23-44-24-37(50)33-13-15-36(49)41-34(33)14-16-39(51)46-41)45-40(52)26-56-32-10-6-9-29(21-32)42(28-7-4-3-5-8-28)48(43(53)54)35-25-47-19-17-27(35)18-20-47/h3-16,21-22,27,35,37,42,44,49-50H,2,17-20,23-26H2,1H3,(H,45,52)(H,46,51)(H,53,54)/t35?,37?,42-/m0/s1. The van der Waals surface area contributed by atoms with Crippen molar-refractivity contribution in [1.82, 2.24) is 20.1 Å². The number of anilines is 1. The van der Waals surface area contributed by atoms with Gasteiger partial charge in [0.15, 0.2) is 6.61 Å². The van der Waals surface area contributed by atoms with Crippen LogP contribution in [0, 0.1) is 5.92 Å². The van der Waals surface area contributed by atoms with E-state index in [1.165, 1.54) is 12.1 Å². The Hall–Kier alpha value is -5.89. The number of pyridine rings is 1. The first kappa shape index (κ1) is 38.4. The summed E-state index contributed by atoms with van der Waals surface area (Å²) in [5.74, 6) is 0.858. The lowest BCUT2D eigenvalue weighted by atomic mass is 9.81. The molecule has 1 aromatic heterocycles. The molecule has 2 unspecified atom stereocenters. The Morgan fingerprint density at radius 1 is 0.946 bits per heavy atom. The molecule has 2 bridgehead atoms. The van der Waals surface area contributed by atoms with E-state index in [1.54, 1.807) is 35.2 Å². The van der Waals surface area contributed by atoms with Gasteiger partial charge >= 0.3 is 6.09 Å². The fourth-order valence-electron chi connectivity index (χ4n) is 8.03. The van der Waals surface area contributed by atoms with Crippen LogP contribution in [0.5, 0.6) is 17.2 Å². The van der Waals surface area contributed by atoms with Crippen molar-refractivity contribution in [2.75, 3.05) is 44.7 Å². The Bertz CT molecular complexity index is 2220. The average Bonchev–Trinajstić information content (AvgIpc) is 3.21. The number of aromatic hydroxyl groups is 1. The Balaban J connectivity index is 0.993. The number of carbonyl (C=O) groups excluding carboxylic acids is 1. The summed E-state index contributed by atoms with van der Waals surface area (Å²) in [6.07, 6.45) is 0.0749. The van der Waals surface area contributed by atoms with Crippen LogP contribution < -0.4 is 25.7 Å². The van der Waals surface area contributed by atoms with E-state index in [2.05, 4.69) is 20.5 Å². The van der Waals surface area contributed by atoms with Crippen LogP contribution in [0.4, 0.5) is 10.5 Å². The molecule has 0 spiro atoms. The van der Waals surface area contributed by atoms with E-state index in [1.807, 2.05) is 61.5 Å². The predicted molar refractivity (Wildman–Crippen MR) is 212 cm³/mol. The van der Waals surface area contributed by atoms with Gasteiger partial charge in [0.25, 0.3) is 5.91 Å². The van der Waals surface area contributed by atoms with Crippen LogP contribution in [-0.4, -0.2) is 87.5 Å². The largest absolute Gasteiger partial charge is 0.506 e. The molecule has 4 heterocycles. The van der Waals surface area contributed by atoms with Crippen LogP contribution in [-0.2, 0) is 11.3 Å². The maximum atomic E-state index is 13.1. The zero-order chi connectivity index (χ0) is 39.2. The number of piperidine rings is 3.